The molecule has 1 aromatic carbocycles. The second-order valence-corrected chi connectivity index (χ2v) is 4.33. The molecule has 2 N–H and O–H groups in total. The Morgan fingerprint density at radius 2 is 2.37 bits per heavy atom. The number of para-hydroxylation sites is 2. The summed E-state index contributed by atoms with van der Waals surface area (Å²) in [5.41, 5.74) is 0.933. The third-order valence-corrected chi connectivity index (χ3v) is 2.90. The fourth-order valence-electron chi connectivity index (χ4n) is 1.90. The zero-order valence-electron chi connectivity index (χ0n) is 11.1. The summed E-state index contributed by atoms with van der Waals surface area (Å²) in [4.78, 5) is 11.9. The first-order valence-electron chi connectivity index (χ1n) is 6.66. The summed E-state index contributed by atoms with van der Waals surface area (Å²) in [6, 6.07) is 7.62. The first-order chi connectivity index (χ1) is 9.31. The van der Waals surface area contributed by atoms with Gasteiger partial charge in [0.15, 0.2) is 6.10 Å². The summed E-state index contributed by atoms with van der Waals surface area (Å²) in [7, 11) is 0. The van der Waals surface area contributed by atoms with Crippen molar-refractivity contribution in [1.82, 2.24) is 5.32 Å². The molecule has 0 bridgehead atoms. The number of benzene rings is 1. The molecule has 0 saturated carbocycles. The smallest absolute Gasteiger partial charge is 0.262 e. The zero-order chi connectivity index (χ0) is 13.5. The van der Waals surface area contributed by atoms with Gasteiger partial charge in [-0.2, -0.15) is 0 Å². The predicted octanol–water partition coefficient (Wildman–Crippen LogP) is 1.40. The fraction of sp³-hybridized carbons (Fsp3) is 0.500. The van der Waals surface area contributed by atoms with Crippen LogP contribution in [0, 0.1) is 0 Å². The number of hydrogen-bond acceptors (Lipinski definition) is 4. The molecule has 2 rings (SSSR count). The highest BCUT2D eigenvalue weighted by Crippen LogP contribution is 2.28. The van der Waals surface area contributed by atoms with Gasteiger partial charge in [-0.25, -0.2) is 0 Å². The van der Waals surface area contributed by atoms with E-state index in [2.05, 4.69) is 10.6 Å². The summed E-state index contributed by atoms with van der Waals surface area (Å²) in [5, 5.41) is 6.05. The molecule has 0 radical (unpaired) electrons. The summed E-state index contributed by atoms with van der Waals surface area (Å²) in [6.07, 6.45) is 0.345. The van der Waals surface area contributed by atoms with Crippen molar-refractivity contribution in [2.24, 2.45) is 0 Å². The maximum atomic E-state index is 11.9. The number of anilines is 1. The molecule has 1 heterocycles. The van der Waals surface area contributed by atoms with Gasteiger partial charge >= 0.3 is 0 Å². The summed E-state index contributed by atoms with van der Waals surface area (Å²) >= 11 is 0. The molecule has 1 aliphatic rings. The van der Waals surface area contributed by atoms with Gasteiger partial charge in [0.1, 0.15) is 5.75 Å². The molecule has 1 amide bonds. The maximum absolute atomic E-state index is 11.9. The van der Waals surface area contributed by atoms with Gasteiger partial charge in [0, 0.05) is 19.8 Å². The zero-order valence-corrected chi connectivity index (χ0v) is 11.1. The van der Waals surface area contributed by atoms with E-state index in [1.54, 1.807) is 0 Å². The van der Waals surface area contributed by atoms with Crippen LogP contribution in [0.1, 0.15) is 13.3 Å². The average molecular weight is 264 g/mol. The van der Waals surface area contributed by atoms with Gasteiger partial charge in [0.05, 0.1) is 12.2 Å². The molecule has 1 aromatic rings. The molecule has 5 heteroatoms. The Hall–Kier alpha value is -1.75. The Balaban J connectivity index is 1.76. The number of nitrogens with one attached hydrogen (secondary N) is 2. The monoisotopic (exact) mass is 264 g/mol. The Labute approximate surface area is 113 Å². The third-order valence-electron chi connectivity index (χ3n) is 2.90. The van der Waals surface area contributed by atoms with Gasteiger partial charge in [-0.05, 0) is 25.5 Å². The van der Waals surface area contributed by atoms with Gasteiger partial charge in [-0.3, -0.25) is 4.79 Å². The second-order valence-electron chi connectivity index (χ2n) is 4.33. The number of carbonyl (C=O) groups is 1. The van der Waals surface area contributed by atoms with E-state index in [-0.39, 0.29) is 5.91 Å². The summed E-state index contributed by atoms with van der Waals surface area (Å²) < 4.78 is 10.9. The molecule has 1 atom stereocenters. The van der Waals surface area contributed by atoms with Crippen LogP contribution in [0.25, 0.3) is 0 Å². The van der Waals surface area contributed by atoms with Crippen molar-refractivity contribution in [3.63, 3.8) is 0 Å². The lowest BCUT2D eigenvalue weighted by Gasteiger charge is -2.26. The lowest BCUT2D eigenvalue weighted by molar-refractivity contribution is -0.127. The molecular formula is C14H20N2O3. The van der Waals surface area contributed by atoms with Crippen molar-refractivity contribution in [3.8, 4) is 5.75 Å². The van der Waals surface area contributed by atoms with E-state index < -0.39 is 6.10 Å². The molecule has 19 heavy (non-hydrogen) atoms. The molecule has 1 unspecified atom stereocenters. The van der Waals surface area contributed by atoms with Gasteiger partial charge in [-0.15, -0.1) is 0 Å². The van der Waals surface area contributed by atoms with Gasteiger partial charge in [-0.1, -0.05) is 12.1 Å². The average Bonchev–Trinajstić information content (AvgIpc) is 2.46. The summed E-state index contributed by atoms with van der Waals surface area (Å²) in [6.45, 7) is 4.44. The first-order valence-corrected chi connectivity index (χ1v) is 6.66. The fourth-order valence-corrected chi connectivity index (χ4v) is 1.90. The van der Waals surface area contributed by atoms with Crippen molar-refractivity contribution in [3.05, 3.63) is 24.3 Å². The highest BCUT2D eigenvalue weighted by molar-refractivity contribution is 5.83. The number of rotatable bonds is 6. The molecule has 0 spiro atoms. The van der Waals surface area contributed by atoms with Crippen LogP contribution in [0.4, 0.5) is 5.69 Å². The van der Waals surface area contributed by atoms with Crippen LogP contribution in [-0.4, -0.2) is 38.3 Å². The van der Waals surface area contributed by atoms with Gasteiger partial charge in [0.25, 0.3) is 5.91 Å². The SMILES string of the molecule is CCOCCCNC(=O)C1CNc2ccccc2O1. The normalized spacial score (nSPS) is 17.0. The van der Waals surface area contributed by atoms with E-state index in [1.165, 1.54) is 0 Å². The Bertz CT molecular complexity index is 423. The van der Waals surface area contributed by atoms with Crippen LogP contribution in [0.15, 0.2) is 24.3 Å². The van der Waals surface area contributed by atoms with Crippen molar-refractivity contribution in [2.75, 3.05) is 31.6 Å². The molecule has 104 valence electrons. The van der Waals surface area contributed by atoms with Crippen molar-refractivity contribution in [1.29, 1.82) is 0 Å². The summed E-state index contributed by atoms with van der Waals surface area (Å²) in [5.74, 6) is 0.640. The van der Waals surface area contributed by atoms with Crippen LogP contribution in [-0.2, 0) is 9.53 Å². The molecule has 5 nitrogen and oxygen atoms in total. The maximum Gasteiger partial charge on any atom is 0.262 e. The van der Waals surface area contributed by atoms with Gasteiger partial charge in [0.2, 0.25) is 0 Å². The topological polar surface area (TPSA) is 59.6 Å². The molecular weight excluding hydrogens is 244 g/mol. The molecule has 0 fully saturated rings. The van der Waals surface area contributed by atoms with E-state index in [1.807, 2.05) is 31.2 Å². The number of carbonyl (C=O) groups excluding carboxylic acids is 1. The minimum absolute atomic E-state index is 0.0847. The molecule has 0 aromatic heterocycles. The quantitative estimate of drug-likeness (QED) is 0.763. The lowest BCUT2D eigenvalue weighted by atomic mass is 10.2. The number of ether oxygens (including phenoxy) is 2. The molecule has 0 saturated heterocycles. The molecule has 1 aliphatic heterocycles. The van der Waals surface area contributed by atoms with Crippen molar-refractivity contribution >= 4 is 11.6 Å². The second kappa shape index (κ2) is 6.99. The van der Waals surface area contributed by atoms with Gasteiger partial charge < -0.3 is 20.1 Å². The minimum Gasteiger partial charge on any atom is -0.477 e. The highest BCUT2D eigenvalue weighted by Gasteiger charge is 2.24. The van der Waals surface area contributed by atoms with Crippen LogP contribution in [0.3, 0.4) is 0 Å². The van der Waals surface area contributed by atoms with Crippen LogP contribution in [0.2, 0.25) is 0 Å². The predicted molar refractivity (Wildman–Crippen MR) is 73.5 cm³/mol. The van der Waals surface area contributed by atoms with Crippen molar-refractivity contribution < 1.29 is 14.3 Å². The third kappa shape index (κ3) is 3.86. The first kappa shape index (κ1) is 13.7. The van der Waals surface area contributed by atoms with Crippen LogP contribution < -0.4 is 15.4 Å². The number of fused-ring (bicyclic) bond motifs is 1. The Morgan fingerprint density at radius 1 is 1.53 bits per heavy atom. The van der Waals surface area contributed by atoms with Crippen molar-refractivity contribution in [2.45, 2.75) is 19.4 Å². The number of hydrogen-bond donors (Lipinski definition) is 2. The Morgan fingerprint density at radius 3 is 3.21 bits per heavy atom. The Kier molecular flexibility index (Phi) is 5.03. The molecule has 0 aliphatic carbocycles. The van der Waals surface area contributed by atoms with Crippen LogP contribution >= 0.6 is 0 Å². The van der Waals surface area contributed by atoms with E-state index in [4.69, 9.17) is 9.47 Å². The van der Waals surface area contributed by atoms with E-state index >= 15 is 0 Å². The number of amides is 1. The minimum atomic E-state index is -0.470. The lowest BCUT2D eigenvalue weighted by Crippen LogP contribution is -2.45. The van der Waals surface area contributed by atoms with E-state index in [0.717, 1.165) is 17.9 Å². The largest absolute Gasteiger partial charge is 0.477 e. The van der Waals surface area contributed by atoms with Crippen LogP contribution in [0.5, 0.6) is 5.75 Å². The van der Waals surface area contributed by atoms with E-state index in [0.29, 0.717) is 26.3 Å². The van der Waals surface area contributed by atoms with E-state index in [9.17, 15) is 4.79 Å². The highest BCUT2D eigenvalue weighted by atomic mass is 16.5. The standard InChI is InChI=1S/C14H20N2O3/c1-2-18-9-5-8-15-14(17)13-10-16-11-6-3-4-7-12(11)19-13/h3-4,6-7,13,16H,2,5,8-10H2,1H3,(H,15,17).